The maximum absolute atomic E-state index is 12.5. The summed E-state index contributed by atoms with van der Waals surface area (Å²) in [7, 11) is 0. The fourth-order valence-corrected chi connectivity index (χ4v) is 4.06. The van der Waals surface area contributed by atoms with Gasteiger partial charge in [0.15, 0.2) is 0 Å². The summed E-state index contributed by atoms with van der Waals surface area (Å²) >= 11 is 0. The average Bonchev–Trinajstić information content (AvgIpc) is 3.20. The molecule has 1 fully saturated rings. The molecule has 132 valence electrons. The highest BCUT2D eigenvalue weighted by atomic mass is 16.6. The summed E-state index contributed by atoms with van der Waals surface area (Å²) in [5.41, 5.74) is 1.26. The zero-order valence-corrected chi connectivity index (χ0v) is 13.5. The van der Waals surface area contributed by atoms with Crippen molar-refractivity contribution >= 4 is 17.3 Å². The number of hydrogen-bond donors (Lipinski definition) is 0. The highest BCUT2D eigenvalue weighted by molar-refractivity contribution is 5.91. The SMILES string of the molecule is O=C(O[C@@H]1C[C@H]2C[C@@H]1c1ccccc12)c1cc([N+](=O)[O-])cc([N+](=O)[O-])c1. The molecule has 0 amide bonds. The van der Waals surface area contributed by atoms with Crippen LogP contribution in [0, 0.1) is 20.2 Å². The van der Waals surface area contributed by atoms with Crippen LogP contribution in [0.5, 0.6) is 0 Å². The second-order valence-electron chi connectivity index (χ2n) is 6.60. The zero-order chi connectivity index (χ0) is 18.4. The molecule has 0 aliphatic heterocycles. The van der Waals surface area contributed by atoms with Gasteiger partial charge in [0.05, 0.1) is 21.5 Å². The second kappa shape index (κ2) is 5.91. The van der Waals surface area contributed by atoms with Crippen LogP contribution in [0.2, 0.25) is 0 Å². The number of hydrogen-bond acceptors (Lipinski definition) is 6. The van der Waals surface area contributed by atoms with Crippen molar-refractivity contribution in [1.82, 2.24) is 0 Å². The Labute approximate surface area is 147 Å². The Kier molecular flexibility index (Phi) is 3.68. The van der Waals surface area contributed by atoms with E-state index in [0.29, 0.717) is 12.3 Å². The van der Waals surface area contributed by atoms with Gasteiger partial charge in [-0.2, -0.15) is 0 Å². The van der Waals surface area contributed by atoms with Gasteiger partial charge in [-0.3, -0.25) is 20.2 Å². The highest BCUT2D eigenvalue weighted by Gasteiger charge is 2.45. The Bertz CT molecular complexity index is 909. The number of nitro benzene ring substituents is 2. The number of ether oxygens (including phenoxy) is 1. The van der Waals surface area contributed by atoms with Crippen molar-refractivity contribution < 1.29 is 19.4 Å². The predicted octanol–water partition coefficient (Wildman–Crippen LogP) is 3.70. The second-order valence-corrected chi connectivity index (χ2v) is 6.60. The molecule has 8 heteroatoms. The molecule has 0 radical (unpaired) electrons. The summed E-state index contributed by atoms with van der Waals surface area (Å²) in [6, 6.07) is 10.9. The first-order valence-electron chi connectivity index (χ1n) is 8.17. The number of esters is 1. The number of carbonyl (C=O) groups excluding carboxylic acids is 1. The van der Waals surface area contributed by atoms with Gasteiger partial charge in [-0.1, -0.05) is 24.3 Å². The van der Waals surface area contributed by atoms with E-state index in [1.54, 1.807) is 0 Å². The lowest BCUT2D eigenvalue weighted by molar-refractivity contribution is -0.394. The van der Waals surface area contributed by atoms with Crippen molar-refractivity contribution in [2.45, 2.75) is 30.8 Å². The van der Waals surface area contributed by atoms with Crippen molar-refractivity contribution in [2.75, 3.05) is 0 Å². The molecule has 4 rings (SSSR count). The molecule has 0 N–H and O–H groups in total. The summed E-state index contributed by atoms with van der Waals surface area (Å²) in [5, 5.41) is 21.9. The molecule has 0 aromatic heterocycles. The number of fused-ring (bicyclic) bond motifs is 5. The van der Waals surface area contributed by atoms with Crippen molar-refractivity contribution in [3.63, 3.8) is 0 Å². The third-order valence-corrected chi connectivity index (χ3v) is 5.16. The average molecular weight is 354 g/mol. The summed E-state index contributed by atoms with van der Waals surface area (Å²) < 4.78 is 5.57. The van der Waals surface area contributed by atoms with Crippen LogP contribution in [0.25, 0.3) is 0 Å². The molecule has 0 saturated heterocycles. The number of nitrogens with zero attached hydrogens (tertiary/aromatic N) is 2. The molecule has 2 aliphatic carbocycles. The largest absolute Gasteiger partial charge is 0.458 e. The van der Waals surface area contributed by atoms with Gasteiger partial charge in [0, 0.05) is 18.1 Å². The van der Waals surface area contributed by atoms with E-state index in [1.165, 1.54) is 11.1 Å². The van der Waals surface area contributed by atoms with Gasteiger partial charge in [-0.05, 0) is 29.9 Å². The van der Waals surface area contributed by atoms with E-state index in [4.69, 9.17) is 4.74 Å². The van der Waals surface area contributed by atoms with E-state index < -0.39 is 27.2 Å². The summed E-state index contributed by atoms with van der Waals surface area (Å²) in [5.74, 6) is -0.325. The van der Waals surface area contributed by atoms with Gasteiger partial charge in [-0.25, -0.2) is 4.79 Å². The van der Waals surface area contributed by atoms with E-state index >= 15 is 0 Å². The topological polar surface area (TPSA) is 113 Å². The molecule has 1 saturated carbocycles. The van der Waals surface area contributed by atoms with Crippen molar-refractivity contribution in [3.05, 3.63) is 79.4 Å². The Morgan fingerprint density at radius 1 is 0.962 bits per heavy atom. The quantitative estimate of drug-likeness (QED) is 0.470. The molecule has 2 aromatic carbocycles. The molecule has 0 heterocycles. The first-order valence-corrected chi connectivity index (χ1v) is 8.17. The molecule has 0 spiro atoms. The maximum atomic E-state index is 12.5. The van der Waals surface area contributed by atoms with Gasteiger partial charge in [0.25, 0.3) is 11.4 Å². The first-order chi connectivity index (χ1) is 12.4. The van der Waals surface area contributed by atoms with Crippen LogP contribution in [0.1, 0.15) is 46.2 Å². The van der Waals surface area contributed by atoms with Crippen molar-refractivity contribution in [2.24, 2.45) is 0 Å². The highest BCUT2D eigenvalue weighted by Crippen LogP contribution is 2.54. The molecule has 2 bridgehead atoms. The van der Waals surface area contributed by atoms with Gasteiger partial charge < -0.3 is 4.74 Å². The third-order valence-electron chi connectivity index (χ3n) is 5.16. The van der Waals surface area contributed by atoms with Gasteiger partial charge in [0.2, 0.25) is 0 Å². The normalized spacial score (nSPS) is 22.7. The van der Waals surface area contributed by atoms with Crippen LogP contribution in [-0.2, 0) is 4.74 Å². The molecular formula is C18H14N2O6. The van der Waals surface area contributed by atoms with E-state index in [2.05, 4.69) is 6.07 Å². The number of carbonyl (C=O) groups is 1. The molecule has 0 unspecified atom stereocenters. The predicted molar refractivity (Wildman–Crippen MR) is 90.1 cm³/mol. The lowest BCUT2D eigenvalue weighted by atomic mass is 9.90. The molecule has 26 heavy (non-hydrogen) atoms. The minimum atomic E-state index is -0.771. The fourth-order valence-electron chi connectivity index (χ4n) is 4.06. The van der Waals surface area contributed by atoms with E-state index in [-0.39, 0.29) is 17.6 Å². The zero-order valence-electron chi connectivity index (χ0n) is 13.5. The fraction of sp³-hybridized carbons (Fsp3) is 0.278. The number of benzene rings is 2. The van der Waals surface area contributed by atoms with Crippen LogP contribution in [0.3, 0.4) is 0 Å². The molecule has 2 aliphatic rings. The molecule has 3 atom stereocenters. The van der Waals surface area contributed by atoms with Gasteiger partial charge in [0.1, 0.15) is 6.10 Å². The third kappa shape index (κ3) is 2.59. The Hall–Kier alpha value is -3.29. The summed E-state index contributed by atoms with van der Waals surface area (Å²) in [6.45, 7) is 0. The monoisotopic (exact) mass is 354 g/mol. The minimum absolute atomic E-state index is 0.105. The maximum Gasteiger partial charge on any atom is 0.338 e. The Morgan fingerprint density at radius 2 is 1.58 bits per heavy atom. The van der Waals surface area contributed by atoms with Gasteiger partial charge in [-0.15, -0.1) is 0 Å². The van der Waals surface area contributed by atoms with Crippen LogP contribution < -0.4 is 0 Å². The minimum Gasteiger partial charge on any atom is -0.458 e. The number of non-ortho nitro benzene ring substituents is 2. The van der Waals surface area contributed by atoms with Crippen LogP contribution in [0.4, 0.5) is 11.4 Å². The number of nitro groups is 2. The van der Waals surface area contributed by atoms with Crippen LogP contribution in [0.15, 0.2) is 42.5 Å². The molecule has 8 nitrogen and oxygen atoms in total. The molecular weight excluding hydrogens is 340 g/mol. The Balaban J connectivity index is 1.58. The van der Waals surface area contributed by atoms with E-state index in [9.17, 15) is 25.0 Å². The lowest BCUT2D eigenvalue weighted by Crippen LogP contribution is -2.23. The summed E-state index contributed by atoms with van der Waals surface area (Å²) in [6.07, 6.45) is 1.29. The standard InChI is InChI=1S/C18H14N2O6/c21-18(11-5-12(19(22)23)9-13(6-11)20(24)25)26-17-8-10-7-16(17)15-4-2-1-3-14(10)15/h1-6,9-10,16-17H,7-8H2/t10-,16-,17-/m1/s1. The van der Waals surface area contributed by atoms with Crippen LogP contribution >= 0.6 is 0 Å². The number of rotatable bonds is 4. The van der Waals surface area contributed by atoms with Crippen molar-refractivity contribution in [3.8, 4) is 0 Å². The van der Waals surface area contributed by atoms with E-state index in [1.807, 2.05) is 18.2 Å². The van der Waals surface area contributed by atoms with Crippen LogP contribution in [-0.4, -0.2) is 21.9 Å². The van der Waals surface area contributed by atoms with Crippen molar-refractivity contribution in [1.29, 1.82) is 0 Å². The van der Waals surface area contributed by atoms with E-state index in [0.717, 1.165) is 24.6 Å². The smallest absolute Gasteiger partial charge is 0.338 e. The van der Waals surface area contributed by atoms with Gasteiger partial charge >= 0.3 is 5.97 Å². The molecule has 2 aromatic rings. The first kappa shape index (κ1) is 16.2. The lowest BCUT2D eigenvalue weighted by Gasteiger charge is -2.24. The Morgan fingerprint density at radius 3 is 2.19 bits per heavy atom. The summed E-state index contributed by atoms with van der Waals surface area (Å²) in [4.78, 5) is 32.9.